The summed E-state index contributed by atoms with van der Waals surface area (Å²) in [6.07, 6.45) is 3.53. The van der Waals surface area contributed by atoms with E-state index in [1.165, 1.54) is 11.3 Å². The lowest BCUT2D eigenvalue weighted by Crippen LogP contribution is -1.98. The minimum Gasteiger partial charge on any atom is -0.264 e. The van der Waals surface area contributed by atoms with Crippen LogP contribution in [0.3, 0.4) is 0 Å². The largest absolute Gasteiger partial charge is 0.264 e. The predicted octanol–water partition coefficient (Wildman–Crippen LogP) is 2.72. The first-order valence-corrected chi connectivity index (χ1v) is 8.07. The lowest BCUT2D eigenvalue weighted by molar-refractivity contribution is 0.754. The Kier molecular flexibility index (Phi) is 3.05. The average molecular weight is 376 g/mol. The van der Waals surface area contributed by atoms with Crippen LogP contribution in [-0.2, 0) is 7.05 Å². The van der Waals surface area contributed by atoms with Crippen LogP contribution in [0.5, 0.6) is 0 Å². The molecule has 0 saturated heterocycles. The standard InChI is InChI=1S/C13H10BrN7S/c1-7-3-10(20(2)18-7)11-16-17-13-21(11)19-12(22-13)8-4-9(14)6-15-5-8/h3-6H,1-2H3. The van der Waals surface area contributed by atoms with Gasteiger partial charge in [-0.15, -0.1) is 10.2 Å². The predicted molar refractivity (Wildman–Crippen MR) is 86.5 cm³/mol. The molecule has 0 saturated carbocycles. The monoisotopic (exact) mass is 375 g/mol. The maximum absolute atomic E-state index is 4.62. The van der Waals surface area contributed by atoms with E-state index in [-0.39, 0.29) is 0 Å². The minimum absolute atomic E-state index is 0.684. The SMILES string of the molecule is Cc1cc(-c2nnc3sc(-c4cncc(Br)c4)nn23)n(C)n1. The molecule has 4 aromatic rings. The van der Waals surface area contributed by atoms with Gasteiger partial charge in [0.05, 0.1) is 5.69 Å². The molecule has 4 rings (SSSR count). The van der Waals surface area contributed by atoms with Crippen LogP contribution in [-0.4, -0.2) is 34.6 Å². The number of halogens is 1. The lowest BCUT2D eigenvalue weighted by Gasteiger charge is -1.97. The smallest absolute Gasteiger partial charge is 0.235 e. The van der Waals surface area contributed by atoms with Crippen LogP contribution in [0, 0.1) is 6.92 Å². The van der Waals surface area contributed by atoms with E-state index in [1.807, 2.05) is 26.1 Å². The highest BCUT2D eigenvalue weighted by molar-refractivity contribution is 9.10. The van der Waals surface area contributed by atoms with Crippen molar-refractivity contribution in [2.45, 2.75) is 6.92 Å². The van der Waals surface area contributed by atoms with Gasteiger partial charge in [0.15, 0.2) is 0 Å². The van der Waals surface area contributed by atoms with Crippen molar-refractivity contribution in [1.82, 2.24) is 34.6 Å². The molecule has 4 heterocycles. The molecule has 0 aliphatic carbocycles. The molecule has 0 aliphatic rings. The summed E-state index contributed by atoms with van der Waals surface area (Å²) in [6.45, 7) is 1.95. The van der Waals surface area contributed by atoms with Crippen LogP contribution in [0.4, 0.5) is 0 Å². The van der Waals surface area contributed by atoms with E-state index in [2.05, 4.69) is 41.3 Å². The Balaban J connectivity index is 1.88. The van der Waals surface area contributed by atoms with Crippen molar-refractivity contribution in [2.24, 2.45) is 7.05 Å². The van der Waals surface area contributed by atoms with Gasteiger partial charge in [0.2, 0.25) is 10.8 Å². The van der Waals surface area contributed by atoms with Crippen molar-refractivity contribution in [3.8, 4) is 22.1 Å². The fraction of sp³-hybridized carbons (Fsp3) is 0.154. The summed E-state index contributed by atoms with van der Waals surface area (Å²) in [5.41, 5.74) is 2.76. The maximum Gasteiger partial charge on any atom is 0.235 e. The second kappa shape index (κ2) is 4.96. The first-order chi connectivity index (χ1) is 10.6. The molecule has 110 valence electrons. The van der Waals surface area contributed by atoms with Crippen molar-refractivity contribution in [1.29, 1.82) is 0 Å². The maximum atomic E-state index is 4.62. The molecule has 0 bridgehead atoms. The highest BCUT2D eigenvalue weighted by Gasteiger charge is 2.17. The van der Waals surface area contributed by atoms with Gasteiger partial charge in [0.1, 0.15) is 10.7 Å². The number of fused-ring (bicyclic) bond motifs is 1. The van der Waals surface area contributed by atoms with E-state index < -0.39 is 0 Å². The molecule has 4 aromatic heterocycles. The van der Waals surface area contributed by atoms with Gasteiger partial charge in [0, 0.05) is 29.5 Å². The molecule has 0 unspecified atom stereocenters. The van der Waals surface area contributed by atoms with Gasteiger partial charge in [-0.3, -0.25) is 9.67 Å². The van der Waals surface area contributed by atoms with Gasteiger partial charge in [-0.2, -0.15) is 14.7 Å². The number of rotatable bonds is 2. The Hall–Kier alpha value is -2.13. The Bertz CT molecular complexity index is 984. The number of nitrogens with zero attached hydrogens (tertiary/aromatic N) is 7. The zero-order valence-electron chi connectivity index (χ0n) is 11.7. The Morgan fingerprint density at radius 1 is 1.14 bits per heavy atom. The first-order valence-electron chi connectivity index (χ1n) is 6.46. The van der Waals surface area contributed by atoms with Gasteiger partial charge >= 0.3 is 0 Å². The fourth-order valence-electron chi connectivity index (χ4n) is 2.24. The normalized spacial score (nSPS) is 11.4. The van der Waals surface area contributed by atoms with Gasteiger partial charge in [-0.1, -0.05) is 11.3 Å². The van der Waals surface area contributed by atoms with Crippen LogP contribution in [0.1, 0.15) is 5.69 Å². The molecule has 0 amide bonds. The van der Waals surface area contributed by atoms with Crippen molar-refractivity contribution in [3.63, 3.8) is 0 Å². The summed E-state index contributed by atoms with van der Waals surface area (Å²) in [5.74, 6) is 0.684. The van der Waals surface area contributed by atoms with Crippen molar-refractivity contribution >= 4 is 32.2 Å². The number of aryl methyl sites for hydroxylation is 2. The number of aromatic nitrogens is 7. The third-order valence-corrected chi connectivity index (χ3v) is 4.56. The molecule has 0 atom stereocenters. The van der Waals surface area contributed by atoms with Crippen molar-refractivity contribution in [3.05, 3.63) is 34.7 Å². The number of pyridine rings is 1. The topological polar surface area (TPSA) is 73.8 Å². The lowest BCUT2D eigenvalue weighted by atomic mass is 10.3. The summed E-state index contributed by atoms with van der Waals surface area (Å²) in [5, 5.41) is 18.2. The molecular weight excluding hydrogens is 366 g/mol. The van der Waals surface area contributed by atoms with E-state index in [4.69, 9.17) is 0 Å². The molecule has 0 aliphatic heterocycles. The molecule has 0 fully saturated rings. The van der Waals surface area contributed by atoms with Crippen LogP contribution in [0.25, 0.3) is 27.1 Å². The average Bonchev–Trinajstić information content (AvgIpc) is 3.12. The molecule has 0 radical (unpaired) electrons. The third kappa shape index (κ3) is 2.13. The Morgan fingerprint density at radius 3 is 2.73 bits per heavy atom. The Morgan fingerprint density at radius 2 is 2.00 bits per heavy atom. The number of hydrogen-bond acceptors (Lipinski definition) is 6. The fourth-order valence-corrected chi connectivity index (χ4v) is 3.43. The second-order valence-corrected chi connectivity index (χ2v) is 6.68. The van der Waals surface area contributed by atoms with Gasteiger partial charge < -0.3 is 0 Å². The van der Waals surface area contributed by atoms with E-state index in [1.54, 1.807) is 21.6 Å². The highest BCUT2D eigenvalue weighted by atomic mass is 79.9. The second-order valence-electron chi connectivity index (χ2n) is 4.81. The summed E-state index contributed by atoms with van der Waals surface area (Å²) in [4.78, 5) is 4.91. The summed E-state index contributed by atoms with van der Waals surface area (Å²) in [6, 6.07) is 3.95. The Labute approximate surface area is 137 Å². The van der Waals surface area contributed by atoms with E-state index in [0.717, 1.165) is 31.4 Å². The molecule has 7 nitrogen and oxygen atoms in total. The van der Waals surface area contributed by atoms with E-state index in [0.29, 0.717) is 5.82 Å². The van der Waals surface area contributed by atoms with Crippen LogP contribution < -0.4 is 0 Å². The van der Waals surface area contributed by atoms with Crippen LogP contribution in [0.15, 0.2) is 29.0 Å². The molecule has 9 heteroatoms. The molecule has 0 N–H and O–H groups in total. The van der Waals surface area contributed by atoms with Gasteiger partial charge in [-0.25, -0.2) is 0 Å². The van der Waals surface area contributed by atoms with Gasteiger partial charge in [-0.05, 0) is 35.0 Å². The van der Waals surface area contributed by atoms with Crippen molar-refractivity contribution in [2.75, 3.05) is 0 Å². The van der Waals surface area contributed by atoms with Crippen LogP contribution >= 0.6 is 27.3 Å². The molecule has 0 aromatic carbocycles. The molecule has 0 spiro atoms. The summed E-state index contributed by atoms with van der Waals surface area (Å²) < 4.78 is 4.45. The summed E-state index contributed by atoms with van der Waals surface area (Å²) in [7, 11) is 1.88. The van der Waals surface area contributed by atoms with E-state index in [9.17, 15) is 0 Å². The highest BCUT2D eigenvalue weighted by Crippen LogP contribution is 2.28. The first kappa shape index (κ1) is 13.5. The van der Waals surface area contributed by atoms with E-state index >= 15 is 0 Å². The number of hydrogen-bond donors (Lipinski definition) is 0. The molecular formula is C13H10BrN7S. The quantitative estimate of drug-likeness (QED) is 0.538. The molecule has 22 heavy (non-hydrogen) atoms. The van der Waals surface area contributed by atoms with Gasteiger partial charge in [0.25, 0.3) is 0 Å². The zero-order valence-corrected chi connectivity index (χ0v) is 14.1. The van der Waals surface area contributed by atoms with Crippen LogP contribution in [0.2, 0.25) is 0 Å². The third-order valence-electron chi connectivity index (χ3n) is 3.17. The summed E-state index contributed by atoms with van der Waals surface area (Å²) >= 11 is 4.90. The zero-order chi connectivity index (χ0) is 15.3. The minimum atomic E-state index is 0.684. The van der Waals surface area contributed by atoms with Crippen molar-refractivity contribution < 1.29 is 0 Å².